The Morgan fingerprint density at radius 1 is 0.700 bits per heavy atom. The number of hydrogen-bond donors (Lipinski definition) is 5. The van der Waals surface area contributed by atoms with Crippen LogP contribution in [0.1, 0.15) is 52.7 Å². The van der Waals surface area contributed by atoms with Crippen LogP contribution in [0, 0.1) is 17.8 Å². The fourth-order valence-electron chi connectivity index (χ4n) is 4.92. The number of hydrogen-bond acceptors (Lipinski definition) is 7. The van der Waals surface area contributed by atoms with Crippen LogP contribution in [0.4, 0.5) is 9.59 Å². The lowest BCUT2D eigenvalue weighted by Gasteiger charge is -2.33. The van der Waals surface area contributed by atoms with Crippen molar-refractivity contribution in [2.75, 3.05) is 41.3 Å². The lowest BCUT2D eigenvalue weighted by atomic mass is 9.98. The fourth-order valence-corrected chi connectivity index (χ4v) is 4.92. The summed E-state index contributed by atoms with van der Waals surface area (Å²) >= 11 is 0. The molecule has 50 heavy (non-hydrogen) atoms. The Bertz CT molecular complexity index is 1350. The van der Waals surface area contributed by atoms with Crippen LogP contribution in [0.25, 0.3) is 0 Å². The first-order valence-corrected chi connectivity index (χ1v) is 17.2. The molecule has 0 radical (unpaired) electrons. The number of aliphatic hydroxyl groups excluding tert-OH is 1. The Morgan fingerprint density at radius 3 is 1.70 bits per heavy atom. The van der Waals surface area contributed by atoms with Crippen LogP contribution in [0.3, 0.4) is 0 Å². The highest BCUT2D eigenvalue weighted by Crippen LogP contribution is 2.16. The molecule has 0 fully saturated rings. The summed E-state index contributed by atoms with van der Waals surface area (Å²) in [6.07, 6.45) is -0.878. The molecule has 0 aromatic heterocycles. The number of amides is 6. The molecule has 6 amide bonds. The molecular weight excluding hydrogens is 638 g/mol. The van der Waals surface area contributed by atoms with E-state index in [1.807, 2.05) is 82.3 Å². The van der Waals surface area contributed by atoms with Gasteiger partial charge in [0.05, 0.1) is 18.8 Å². The molecule has 2 rings (SSSR count). The third-order valence-corrected chi connectivity index (χ3v) is 7.92. The van der Waals surface area contributed by atoms with E-state index in [1.165, 1.54) is 9.80 Å². The maximum atomic E-state index is 13.7. The van der Waals surface area contributed by atoms with Gasteiger partial charge in [0.2, 0.25) is 5.91 Å². The highest BCUT2D eigenvalue weighted by Gasteiger charge is 2.32. The molecule has 0 saturated carbocycles. The smallest absolute Gasteiger partial charge is 0.317 e. The van der Waals surface area contributed by atoms with Crippen LogP contribution in [0.15, 0.2) is 54.6 Å². The number of urea groups is 2. The zero-order valence-electron chi connectivity index (χ0n) is 31.4. The van der Waals surface area contributed by atoms with Crippen LogP contribution in [0.2, 0.25) is 0 Å². The van der Waals surface area contributed by atoms with Gasteiger partial charge in [-0.25, -0.2) is 14.6 Å². The number of carbonyl (C=O) groups is 4. The second kappa shape index (κ2) is 20.3. The summed E-state index contributed by atoms with van der Waals surface area (Å²) in [6.45, 7) is 12.2. The van der Waals surface area contributed by atoms with Gasteiger partial charge in [-0.2, -0.15) is 0 Å². The molecule has 0 aliphatic heterocycles. The molecule has 0 heterocycles. The van der Waals surface area contributed by atoms with Gasteiger partial charge in [0.15, 0.2) is 0 Å². The molecular formula is C37H59N7O6. The van der Waals surface area contributed by atoms with Gasteiger partial charge < -0.3 is 35.6 Å². The molecule has 0 spiro atoms. The number of nitrogens with one attached hydrogen (secondary N) is 4. The summed E-state index contributed by atoms with van der Waals surface area (Å²) in [5.74, 6) is -0.270. The summed E-state index contributed by atoms with van der Waals surface area (Å²) in [5, 5.41) is 21.9. The molecule has 0 aliphatic rings. The minimum Gasteiger partial charge on any atom is -0.493 e. The Kier molecular flexibility index (Phi) is 17.0. The van der Waals surface area contributed by atoms with Crippen molar-refractivity contribution in [3.8, 4) is 5.75 Å². The second-order valence-electron chi connectivity index (χ2n) is 14.2. The minimum absolute atomic E-state index is 0.0715. The van der Waals surface area contributed by atoms with Gasteiger partial charge in [0.25, 0.3) is 5.91 Å². The highest BCUT2D eigenvalue weighted by molar-refractivity contribution is 5.88. The standard InChI is InChI=1S/C37H59N7O6/c1-24(2)23-50-29-18-16-28(17-19-29)21-44(41-35(47)33(26(5)6)40-37(49)43(9)10)22-31(45)30(20-27-14-12-11-13-15-27)38-34(46)32(25(3)4)39-36(48)42(7)8/h11-19,24-26,30-33,45H,20-23H2,1-10H3,(H,38,46)(H,39,48)(H,40,49)(H,41,47)/t30-,31-,32-,33-/m0/s1. The largest absolute Gasteiger partial charge is 0.493 e. The molecule has 0 saturated heterocycles. The average molecular weight is 698 g/mol. The van der Waals surface area contributed by atoms with E-state index < -0.39 is 48.1 Å². The summed E-state index contributed by atoms with van der Waals surface area (Å²) in [4.78, 5) is 55.1. The first kappa shape index (κ1) is 41.8. The lowest BCUT2D eigenvalue weighted by molar-refractivity contribution is -0.131. The van der Waals surface area contributed by atoms with E-state index in [0.717, 1.165) is 16.9 Å². The van der Waals surface area contributed by atoms with Crippen LogP contribution in [0.5, 0.6) is 5.75 Å². The number of nitrogens with zero attached hydrogens (tertiary/aromatic N) is 3. The van der Waals surface area contributed by atoms with E-state index in [-0.39, 0.29) is 31.3 Å². The van der Waals surface area contributed by atoms with Crippen LogP contribution < -0.4 is 26.1 Å². The minimum atomic E-state index is -1.17. The Morgan fingerprint density at radius 2 is 1.22 bits per heavy atom. The van der Waals surface area contributed by atoms with Crippen LogP contribution >= 0.6 is 0 Å². The van der Waals surface area contributed by atoms with Crippen molar-refractivity contribution in [3.05, 3.63) is 65.7 Å². The maximum Gasteiger partial charge on any atom is 0.317 e. The number of hydrazine groups is 1. The Hall–Kier alpha value is -4.36. The predicted molar refractivity (Wildman–Crippen MR) is 195 cm³/mol. The van der Waals surface area contributed by atoms with Gasteiger partial charge in [-0.1, -0.05) is 84.0 Å². The van der Waals surface area contributed by atoms with Crippen molar-refractivity contribution in [3.63, 3.8) is 0 Å². The number of rotatable bonds is 18. The van der Waals surface area contributed by atoms with Gasteiger partial charge >= 0.3 is 12.1 Å². The summed E-state index contributed by atoms with van der Waals surface area (Å²) < 4.78 is 5.83. The first-order chi connectivity index (χ1) is 23.5. The second-order valence-corrected chi connectivity index (χ2v) is 14.2. The summed E-state index contributed by atoms with van der Waals surface area (Å²) in [6, 6.07) is 13.6. The number of carbonyl (C=O) groups excluding carboxylic acids is 4. The predicted octanol–water partition coefficient (Wildman–Crippen LogP) is 3.23. The molecule has 2 aromatic rings. The van der Waals surface area contributed by atoms with E-state index in [1.54, 1.807) is 33.2 Å². The van der Waals surface area contributed by atoms with Gasteiger partial charge in [-0.3, -0.25) is 15.0 Å². The Balaban J connectivity index is 2.42. The van der Waals surface area contributed by atoms with E-state index >= 15 is 0 Å². The molecule has 278 valence electrons. The third kappa shape index (κ3) is 14.2. The van der Waals surface area contributed by atoms with Crippen LogP contribution in [-0.2, 0) is 22.6 Å². The Labute approximate surface area is 298 Å². The van der Waals surface area contributed by atoms with E-state index in [9.17, 15) is 24.3 Å². The van der Waals surface area contributed by atoms with Gasteiger partial charge in [0.1, 0.15) is 17.8 Å². The quantitative estimate of drug-likeness (QED) is 0.150. The van der Waals surface area contributed by atoms with Crippen molar-refractivity contribution in [2.45, 2.75) is 78.7 Å². The summed E-state index contributed by atoms with van der Waals surface area (Å²) in [7, 11) is 6.38. The third-order valence-electron chi connectivity index (χ3n) is 7.92. The van der Waals surface area contributed by atoms with Crippen molar-refractivity contribution in [2.24, 2.45) is 17.8 Å². The molecule has 4 atom stereocenters. The van der Waals surface area contributed by atoms with E-state index in [4.69, 9.17) is 4.74 Å². The van der Waals surface area contributed by atoms with Crippen molar-refractivity contribution < 1.29 is 29.0 Å². The van der Waals surface area contributed by atoms with Crippen molar-refractivity contribution in [1.29, 1.82) is 0 Å². The first-order valence-electron chi connectivity index (χ1n) is 17.2. The molecule has 13 nitrogen and oxygen atoms in total. The van der Waals surface area contributed by atoms with E-state index in [2.05, 4.69) is 35.2 Å². The maximum absolute atomic E-state index is 13.7. The van der Waals surface area contributed by atoms with E-state index in [0.29, 0.717) is 12.5 Å². The lowest BCUT2D eigenvalue weighted by Crippen LogP contribution is -2.59. The highest BCUT2D eigenvalue weighted by atomic mass is 16.5. The average Bonchev–Trinajstić information content (AvgIpc) is 3.04. The molecule has 0 aliphatic carbocycles. The van der Waals surface area contributed by atoms with Crippen LogP contribution in [-0.4, -0.2) is 109 Å². The molecule has 0 bridgehead atoms. The van der Waals surface area contributed by atoms with Gasteiger partial charge in [0, 0.05) is 41.3 Å². The van der Waals surface area contributed by atoms with Gasteiger partial charge in [-0.15, -0.1) is 0 Å². The SMILES string of the molecule is CC(C)COc1ccc(CN(C[C@H](O)[C@H](Cc2ccccc2)NC(=O)[C@@H](NC(=O)N(C)C)C(C)C)NC(=O)[C@@H](NC(=O)N(C)C)C(C)C)cc1. The molecule has 0 unspecified atom stereocenters. The summed E-state index contributed by atoms with van der Waals surface area (Å²) in [5.41, 5.74) is 4.64. The number of benzene rings is 2. The molecule has 5 N–H and O–H groups in total. The fraction of sp³-hybridized carbons (Fsp3) is 0.568. The molecule has 13 heteroatoms. The zero-order chi connectivity index (χ0) is 37.5. The van der Waals surface area contributed by atoms with Crippen molar-refractivity contribution >= 4 is 23.9 Å². The van der Waals surface area contributed by atoms with Gasteiger partial charge in [-0.05, 0) is 47.4 Å². The number of ether oxygens (including phenoxy) is 1. The normalized spacial score (nSPS) is 13.7. The topological polar surface area (TPSA) is 156 Å². The zero-order valence-corrected chi connectivity index (χ0v) is 31.4. The monoisotopic (exact) mass is 697 g/mol. The number of aliphatic hydroxyl groups is 1. The van der Waals surface area contributed by atoms with Crippen molar-refractivity contribution in [1.82, 2.24) is 36.2 Å². The molecule has 2 aromatic carbocycles.